The first-order valence-corrected chi connectivity index (χ1v) is 6.96. The van der Waals surface area contributed by atoms with Gasteiger partial charge in [0, 0.05) is 9.50 Å². The molecule has 0 saturated heterocycles. The van der Waals surface area contributed by atoms with Gasteiger partial charge >= 0.3 is 0 Å². The standard InChI is InChI=1S/C13H16BrClO/c14-11-6-10(7-12(15)8-11)13(16)5-9-3-1-2-4-9/h6-9,13,16H,1-5H2. The smallest absolute Gasteiger partial charge is 0.0793 e. The first kappa shape index (κ1) is 12.4. The second-order valence-electron chi connectivity index (χ2n) is 4.60. The van der Waals surface area contributed by atoms with Gasteiger partial charge in [-0.3, -0.25) is 0 Å². The maximum absolute atomic E-state index is 10.2. The Morgan fingerprint density at radius 3 is 2.62 bits per heavy atom. The first-order valence-electron chi connectivity index (χ1n) is 5.79. The normalized spacial score (nSPS) is 18.9. The van der Waals surface area contributed by atoms with Gasteiger partial charge in [0.2, 0.25) is 0 Å². The maximum atomic E-state index is 10.2. The van der Waals surface area contributed by atoms with Gasteiger partial charge in [-0.15, -0.1) is 0 Å². The van der Waals surface area contributed by atoms with Crippen molar-refractivity contribution in [2.75, 3.05) is 0 Å². The van der Waals surface area contributed by atoms with Crippen molar-refractivity contribution in [3.05, 3.63) is 33.3 Å². The van der Waals surface area contributed by atoms with Gasteiger partial charge in [-0.25, -0.2) is 0 Å². The highest BCUT2D eigenvalue weighted by atomic mass is 79.9. The fraction of sp³-hybridized carbons (Fsp3) is 0.538. The Kier molecular flexibility index (Phi) is 4.28. The van der Waals surface area contributed by atoms with Crippen LogP contribution in [0.2, 0.25) is 5.02 Å². The third-order valence-corrected chi connectivity index (χ3v) is 3.98. The van der Waals surface area contributed by atoms with E-state index in [0.717, 1.165) is 16.5 Å². The summed E-state index contributed by atoms with van der Waals surface area (Å²) in [5, 5.41) is 10.8. The van der Waals surface area contributed by atoms with E-state index in [9.17, 15) is 5.11 Å². The molecule has 1 aliphatic rings. The molecule has 1 aromatic carbocycles. The van der Waals surface area contributed by atoms with Crippen LogP contribution >= 0.6 is 27.5 Å². The third kappa shape index (κ3) is 3.22. The van der Waals surface area contributed by atoms with Crippen molar-refractivity contribution in [1.82, 2.24) is 0 Å². The van der Waals surface area contributed by atoms with E-state index in [1.165, 1.54) is 25.7 Å². The number of hydrogen-bond acceptors (Lipinski definition) is 1. The third-order valence-electron chi connectivity index (χ3n) is 3.30. The summed E-state index contributed by atoms with van der Waals surface area (Å²) < 4.78 is 0.931. The van der Waals surface area contributed by atoms with Gasteiger partial charge < -0.3 is 5.11 Å². The fourth-order valence-electron chi connectivity index (χ4n) is 2.47. The van der Waals surface area contributed by atoms with E-state index >= 15 is 0 Å². The van der Waals surface area contributed by atoms with E-state index in [-0.39, 0.29) is 6.10 Å². The van der Waals surface area contributed by atoms with Gasteiger partial charge in [0.15, 0.2) is 0 Å². The molecule has 1 fully saturated rings. The minimum atomic E-state index is -0.377. The van der Waals surface area contributed by atoms with Gasteiger partial charge in [0.05, 0.1) is 6.10 Å². The average molecular weight is 304 g/mol. The van der Waals surface area contributed by atoms with Gasteiger partial charge in [-0.05, 0) is 36.1 Å². The monoisotopic (exact) mass is 302 g/mol. The topological polar surface area (TPSA) is 20.2 Å². The van der Waals surface area contributed by atoms with Crippen LogP contribution in [0.3, 0.4) is 0 Å². The fourth-order valence-corrected chi connectivity index (χ4v) is 3.35. The number of rotatable bonds is 3. The second-order valence-corrected chi connectivity index (χ2v) is 5.96. The lowest BCUT2D eigenvalue weighted by molar-refractivity contribution is 0.145. The summed E-state index contributed by atoms with van der Waals surface area (Å²) in [6.45, 7) is 0. The van der Waals surface area contributed by atoms with Crippen LogP contribution < -0.4 is 0 Å². The Labute approximate surface area is 110 Å². The zero-order valence-corrected chi connectivity index (χ0v) is 11.5. The quantitative estimate of drug-likeness (QED) is 0.857. The molecule has 0 spiro atoms. The molecular formula is C13H16BrClO. The maximum Gasteiger partial charge on any atom is 0.0793 e. The lowest BCUT2D eigenvalue weighted by atomic mass is 9.96. The van der Waals surface area contributed by atoms with Gasteiger partial charge in [0.1, 0.15) is 0 Å². The molecule has 0 amide bonds. The number of benzene rings is 1. The van der Waals surface area contributed by atoms with E-state index in [4.69, 9.17) is 11.6 Å². The minimum Gasteiger partial charge on any atom is -0.388 e. The molecule has 1 saturated carbocycles. The van der Waals surface area contributed by atoms with E-state index < -0.39 is 0 Å². The minimum absolute atomic E-state index is 0.377. The lowest BCUT2D eigenvalue weighted by Gasteiger charge is -2.16. The summed E-state index contributed by atoms with van der Waals surface area (Å²) in [5.74, 6) is 0.688. The van der Waals surface area contributed by atoms with Gasteiger partial charge in [0.25, 0.3) is 0 Å². The Hall–Kier alpha value is -0.0500. The molecule has 88 valence electrons. The predicted octanol–water partition coefficient (Wildman–Crippen LogP) is 4.72. The van der Waals surface area contributed by atoms with Crippen LogP contribution in [0.1, 0.15) is 43.8 Å². The summed E-state index contributed by atoms with van der Waals surface area (Å²) in [6.07, 6.45) is 5.65. The Morgan fingerprint density at radius 2 is 2.00 bits per heavy atom. The van der Waals surface area contributed by atoms with Crippen molar-refractivity contribution in [3.63, 3.8) is 0 Å². The van der Waals surface area contributed by atoms with Crippen LogP contribution in [0.15, 0.2) is 22.7 Å². The molecule has 1 aliphatic carbocycles. The summed E-state index contributed by atoms with van der Waals surface area (Å²) in [5.41, 5.74) is 0.922. The molecular weight excluding hydrogens is 287 g/mol. The molecule has 0 aromatic heterocycles. The van der Waals surface area contributed by atoms with Crippen molar-refractivity contribution in [2.24, 2.45) is 5.92 Å². The molecule has 1 atom stereocenters. The molecule has 3 heteroatoms. The van der Waals surface area contributed by atoms with Gasteiger partial charge in [-0.2, -0.15) is 0 Å². The lowest BCUT2D eigenvalue weighted by Crippen LogP contribution is -2.04. The summed E-state index contributed by atoms with van der Waals surface area (Å²) >= 11 is 9.37. The van der Waals surface area contributed by atoms with Crippen LogP contribution in [-0.4, -0.2) is 5.11 Å². The number of aliphatic hydroxyl groups is 1. The Bertz CT molecular complexity index is 341. The Balaban J connectivity index is 2.04. The first-order chi connectivity index (χ1) is 7.65. The highest BCUT2D eigenvalue weighted by molar-refractivity contribution is 9.10. The molecule has 0 bridgehead atoms. The van der Waals surface area contributed by atoms with Crippen molar-refractivity contribution in [3.8, 4) is 0 Å². The molecule has 2 rings (SSSR count). The molecule has 0 aliphatic heterocycles. The summed E-state index contributed by atoms with van der Waals surface area (Å²) in [7, 11) is 0. The summed E-state index contributed by atoms with van der Waals surface area (Å²) in [6, 6.07) is 5.64. The zero-order chi connectivity index (χ0) is 11.5. The number of aliphatic hydroxyl groups excluding tert-OH is 1. The SMILES string of the molecule is OC(CC1CCCC1)c1cc(Cl)cc(Br)c1. The van der Waals surface area contributed by atoms with E-state index in [1.54, 1.807) is 0 Å². The van der Waals surface area contributed by atoms with E-state index in [1.807, 2.05) is 18.2 Å². The van der Waals surface area contributed by atoms with Crippen LogP contribution in [0.25, 0.3) is 0 Å². The average Bonchev–Trinajstić information content (AvgIpc) is 2.68. The zero-order valence-electron chi connectivity index (χ0n) is 9.13. The van der Waals surface area contributed by atoms with Crippen LogP contribution in [0, 0.1) is 5.92 Å². The van der Waals surface area contributed by atoms with Crippen molar-refractivity contribution < 1.29 is 5.11 Å². The predicted molar refractivity (Wildman–Crippen MR) is 70.7 cm³/mol. The Morgan fingerprint density at radius 1 is 1.31 bits per heavy atom. The number of halogens is 2. The summed E-state index contributed by atoms with van der Waals surface area (Å²) in [4.78, 5) is 0. The molecule has 16 heavy (non-hydrogen) atoms. The van der Waals surface area contributed by atoms with Gasteiger partial charge in [-0.1, -0.05) is 53.2 Å². The van der Waals surface area contributed by atoms with E-state index in [2.05, 4.69) is 15.9 Å². The highest BCUT2D eigenvalue weighted by Crippen LogP contribution is 2.34. The van der Waals surface area contributed by atoms with Crippen molar-refractivity contribution in [1.29, 1.82) is 0 Å². The van der Waals surface area contributed by atoms with Crippen molar-refractivity contribution in [2.45, 2.75) is 38.2 Å². The van der Waals surface area contributed by atoms with E-state index in [0.29, 0.717) is 10.9 Å². The van der Waals surface area contributed by atoms with Crippen LogP contribution in [-0.2, 0) is 0 Å². The molecule has 1 N–H and O–H groups in total. The molecule has 1 nitrogen and oxygen atoms in total. The molecule has 0 radical (unpaired) electrons. The second kappa shape index (κ2) is 5.52. The molecule has 1 aromatic rings. The van der Waals surface area contributed by atoms with Crippen molar-refractivity contribution >= 4 is 27.5 Å². The highest BCUT2D eigenvalue weighted by Gasteiger charge is 2.20. The molecule has 0 heterocycles. The van der Waals surface area contributed by atoms with Crippen LogP contribution in [0.5, 0.6) is 0 Å². The van der Waals surface area contributed by atoms with Crippen LogP contribution in [0.4, 0.5) is 0 Å². The number of hydrogen-bond donors (Lipinski definition) is 1. The largest absolute Gasteiger partial charge is 0.388 e. The molecule has 1 unspecified atom stereocenters.